The van der Waals surface area contributed by atoms with Gasteiger partial charge in [0, 0.05) is 12.7 Å². The van der Waals surface area contributed by atoms with Gasteiger partial charge < -0.3 is 4.74 Å². The molecule has 118 valence electrons. The van der Waals surface area contributed by atoms with E-state index in [0.29, 0.717) is 6.42 Å². The zero-order chi connectivity index (χ0) is 15.7. The van der Waals surface area contributed by atoms with Gasteiger partial charge in [-0.25, -0.2) is 8.42 Å². The van der Waals surface area contributed by atoms with Gasteiger partial charge in [0.1, 0.15) is 15.6 Å². The van der Waals surface area contributed by atoms with Gasteiger partial charge in [-0.05, 0) is 42.4 Å². The van der Waals surface area contributed by atoms with Crippen molar-refractivity contribution in [1.29, 1.82) is 0 Å². The van der Waals surface area contributed by atoms with Crippen molar-refractivity contribution in [2.75, 3.05) is 6.26 Å². The summed E-state index contributed by atoms with van der Waals surface area (Å²) in [6.45, 7) is 6.54. The van der Waals surface area contributed by atoms with Crippen LogP contribution in [0.2, 0.25) is 0 Å². The lowest BCUT2D eigenvalue weighted by molar-refractivity contribution is 0.156. The van der Waals surface area contributed by atoms with Crippen molar-refractivity contribution < 1.29 is 13.2 Å². The van der Waals surface area contributed by atoms with Crippen molar-refractivity contribution in [2.45, 2.75) is 63.2 Å². The Morgan fingerprint density at radius 1 is 1.10 bits per heavy atom. The van der Waals surface area contributed by atoms with E-state index in [2.05, 4.69) is 32.9 Å². The number of hydrogen-bond acceptors (Lipinski definition) is 3. The topological polar surface area (TPSA) is 43.4 Å². The van der Waals surface area contributed by atoms with Gasteiger partial charge in [0.25, 0.3) is 0 Å². The van der Waals surface area contributed by atoms with Crippen LogP contribution in [0.1, 0.15) is 52.0 Å². The summed E-state index contributed by atoms with van der Waals surface area (Å²) in [4.78, 5) is 0. The Hall–Kier alpha value is -1.03. The van der Waals surface area contributed by atoms with Gasteiger partial charge in [-0.2, -0.15) is 0 Å². The van der Waals surface area contributed by atoms with E-state index in [9.17, 15) is 8.42 Å². The van der Waals surface area contributed by atoms with Crippen LogP contribution in [-0.2, 0) is 15.3 Å². The molecule has 0 aromatic heterocycles. The predicted octanol–water partition coefficient (Wildman–Crippen LogP) is 3.72. The van der Waals surface area contributed by atoms with E-state index < -0.39 is 9.84 Å². The van der Waals surface area contributed by atoms with Gasteiger partial charge in [-0.15, -0.1) is 0 Å². The summed E-state index contributed by atoms with van der Waals surface area (Å²) in [5.41, 5.74) is 1.40. The Labute approximate surface area is 128 Å². The van der Waals surface area contributed by atoms with Crippen molar-refractivity contribution in [3.05, 3.63) is 29.8 Å². The molecule has 0 spiro atoms. The summed E-state index contributed by atoms with van der Waals surface area (Å²) in [5, 5.41) is -0.245. The van der Waals surface area contributed by atoms with E-state index >= 15 is 0 Å². The fourth-order valence-corrected chi connectivity index (χ4v) is 3.98. The molecule has 2 rings (SSSR count). The zero-order valence-corrected chi connectivity index (χ0v) is 14.2. The average Bonchev–Trinajstić information content (AvgIpc) is 2.37. The third-order valence-corrected chi connectivity index (χ3v) is 5.85. The highest BCUT2D eigenvalue weighted by atomic mass is 32.2. The molecule has 0 N–H and O–H groups in total. The van der Waals surface area contributed by atoms with Gasteiger partial charge in [-0.3, -0.25) is 0 Å². The Balaban J connectivity index is 2.01. The first-order chi connectivity index (χ1) is 9.66. The maximum Gasteiger partial charge on any atom is 0.150 e. The molecule has 2 atom stereocenters. The smallest absolute Gasteiger partial charge is 0.150 e. The molecule has 0 radical (unpaired) electrons. The molecular formula is C17H26O3S. The molecule has 1 aliphatic rings. The van der Waals surface area contributed by atoms with Crippen LogP contribution in [0.4, 0.5) is 0 Å². The van der Waals surface area contributed by atoms with Gasteiger partial charge in [0.15, 0.2) is 0 Å². The quantitative estimate of drug-likeness (QED) is 0.854. The fourth-order valence-electron chi connectivity index (χ4n) is 2.82. The van der Waals surface area contributed by atoms with Crippen molar-refractivity contribution in [2.24, 2.45) is 0 Å². The molecule has 0 heterocycles. The minimum absolute atomic E-state index is 0.0129. The minimum Gasteiger partial charge on any atom is -0.490 e. The first-order valence-corrected chi connectivity index (χ1v) is 9.58. The van der Waals surface area contributed by atoms with E-state index in [1.165, 1.54) is 11.8 Å². The third kappa shape index (κ3) is 4.47. The maximum absolute atomic E-state index is 11.7. The van der Waals surface area contributed by atoms with Crippen LogP contribution < -0.4 is 4.74 Å². The lowest BCUT2D eigenvalue weighted by Gasteiger charge is -2.28. The highest BCUT2D eigenvalue weighted by molar-refractivity contribution is 7.91. The van der Waals surface area contributed by atoms with E-state index in [4.69, 9.17) is 4.74 Å². The fraction of sp³-hybridized carbons (Fsp3) is 0.647. The van der Waals surface area contributed by atoms with Crippen molar-refractivity contribution in [3.63, 3.8) is 0 Å². The van der Waals surface area contributed by atoms with Crippen LogP contribution in [-0.4, -0.2) is 26.0 Å². The van der Waals surface area contributed by atoms with Gasteiger partial charge >= 0.3 is 0 Å². The molecule has 4 heteroatoms. The van der Waals surface area contributed by atoms with Crippen LogP contribution in [0.5, 0.6) is 5.75 Å². The van der Waals surface area contributed by atoms with Crippen molar-refractivity contribution in [3.8, 4) is 5.75 Å². The molecule has 0 bridgehead atoms. The minimum atomic E-state index is -2.96. The highest BCUT2D eigenvalue weighted by Gasteiger charge is 2.29. The molecule has 1 aromatic rings. The van der Waals surface area contributed by atoms with Crippen LogP contribution in [0, 0.1) is 0 Å². The van der Waals surface area contributed by atoms with Gasteiger partial charge in [-0.1, -0.05) is 32.9 Å². The molecule has 1 aliphatic carbocycles. The molecular weight excluding hydrogens is 284 g/mol. The predicted molar refractivity (Wildman–Crippen MR) is 86.7 cm³/mol. The Kier molecular flexibility index (Phi) is 4.66. The summed E-state index contributed by atoms with van der Waals surface area (Å²) < 4.78 is 29.4. The summed E-state index contributed by atoms with van der Waals surface area (Å²) in [6.07, 6.45) is 4.58. The van der Waals surface area contributed by atoms with E-state index in [1.807, 2.05) is 12.1 Å². The molecule has 2 unspecified atom stereocenters. The molecule has 1 saturated carbocycles. The average molecular weight is 310 g/mol. The van der Waals surface area contributed by atoms with Crippen LogP contribution in [0.3, 0.4) is 0 Å². The van der Waals surface area contributed by atoms with Crippen molar-refractivity contribution >= 4 is 9.84 Å². The first-order valence-electron chi connectivity index (χ1n) is 7.62. The lowest BCUT2D eigenvalue weighted by Crippen LogP contribution is -2.33. The van der Waals surface area contributed by atoms with Crippen molar-refractivity contribution in [1.82, 2.24) is 0 Å². The van der Waals surface area contributed by atoms with Crippen LogP contribution >= 0.6 is 0 Å². The second-order valence-corrected chi connectivity index (χ2v) is 9.46. The second-order valence-electron chi connectivity index (χ2n) is 7.13. The highest BCUT2D eigenvalue weighted by Crippen LogP contribution is 2.29. The van der Waals surface area contributed by atoms with Crippen LogP contribution in [0.15, 0.2) is 24.3 Å². The number of sulfone groups is 1. The Morgan fingerprint density at radius 3 is 2.24 bits per heavy atom. The monoisotopic (exact) mass is 310 g/mol. The SMILES string of the molecule is CC(C)(C)c1ccc(OC2CCCC(S(C)(=O)=O)C2)cc1. The summed E-state index contributed by atoms with van der Waals surface area (Å²) in [7, 11) is -2.96. The first kappa shape index (κ1) is 16.3. The zero-order valence-electron chi connectivity index (χ0n) is 13.4. The number of hydrogen-bond donors (Lipinski definition) is 0. The number of rotatable bonds is 3. The summed E-state index contributed by atoms with van der Waals surface area (Å²) >= 11 is 0. The molecule has 1 fully saturated rings. The lowest BCUT2D eigenvalue weighted by atomic mass is 9.87. The normalized spacial score (nSPS) is 23.8. The van der Waals surface area contributed by atoms with E-state index in [1.54, 1.807) is 0 Å². The van der Waals surface area contributed by atoms with Gasteiger partial charge in [0.2, 0.25) is 0 Å². The Bertz CT molecular complexity index is 567. The summed E-state index contributed by atoms with van der Waals surface area (Å²) in [5.74, 6) is 0.835. The molecule has 21 heavy (non-hydrogen) atoms. The standard InChI is InChI=1S/C17H26O3S/c1-17(2,3)13-8-10-14(11-9-13)20-15-6-5-7-16(12-15)21(4,18)19/h8-11,15-16H,5-7,12H2,1-4H3. The van der Waals surface area contributed by atoms with Crippen LogP contribution in [0.25, 0.3) is 0 Å². The largest absolute Gasteiger partial charge is 0.490 e. The molecule has 0 amide bonds. The van der Waals surface area contributed by atoms with Gasteiger partial charge in [0.05, 0.1) is 11.4 Å². The molecule has 0 saturated heterocycles. The maximum atomic E-state index is 11.7. The van der Waals surface area contributed by atoms with E-state index in [0.717, 1.165) is 25.0 Å². The third-order valence-electron chi connectivity index (χ3n) is 4.21. The summed E-state index contributed by atoms with van der Waals surface area (Å²) in [6, 6.07) is 8.16. The number of ether oxygens (including phenoxy) is 1. The molecule has 3 nitrogen and oxygen atoms in total. The molecule has 1 aromatic carbocycles. The van der Waals surface area contributed by atoms with E-state index in [-0.39, 0.29) is 16.8 Å². The molecule has 0 aliphatic heterocycles. The number of benzene rings is 1. The second kappa shape index (κ2) is 5.99. The Morgan fingerprint density at radius 2 is 1.71 bits per heavy atom.